The fourth-order valence-corrected chi connectivity index (χ4v) is 2.77. The van der Waals surface area contributed by atoms with Crippen molar-refractivity contribution < 1.29 is 24.2 Å². The topological polar surface area (TPSA) is 192 Å². The van der Waals surface area contributed by atoms with Crippen molar-refractivity contribution in [1.82, 2.24) is 15.4 Å². The van der Waals surface area contributed by atoms with Gasteiger partial charge in [-0.25, -0.2) is 14.8 Å². The van der Waals surface area contributed by atoms with Gasteiger partial charge in [0.1, 0.15) is 6.33 Å². The predicted octanol–water partition coefficient (Wildman–Crippen LogP) is 2.51. The number of benzene rings is 2. The molecule has 0 saturated carbocycles. The van der Waals surface area contributed by atoms with Gasteiger partial charge >= 0.3 is 11.7 Å². The third-order valence-corrected chi connectivity index (χ3v) is 4.41. The number of hydrogen-bond donors (Lipinski definition) is 3. The second-order valence-electron chi connectivity index (χ2n) is 6.64. The monoisotopic (exact) mass is 467 g/mol. The summed E-state index contributed by atoms with van der Waals surface area (Å²) in [5.74, 6) is -1.52. The number of esters is 1. The molecule has 0 atom stereocenters. The molecule has 174 valence electrons. The maximum atomic E-state index is 12.2. The number of carbonyl (C=O) groups is 2. The SMILES string of the molecule is COC(=O)c1ccc(Nc2ncnc(NNC(=O)Cc3ccc([N+](=O)[O-])cc3)c2[N+](=O)[O-])cc1. The van der Waals surface area contributed by atoms with E-state index in [1.165, 1.54) is 55.6 Å². The number of aromatic nitrogens is 2. The Bertz CT molecular complexity index is 1230. The molecular formula is C20H17N7O7. The number of non-ortho nitro benzene ring substituents is 1. The Kier molecular flexibility index (Phi) is 7.23. The third-order valence-electron chi connectivity index (χ3n) is 4.41. The van der Waals surface area contributed by atoms with Crippen molar-refractivity contribution in [2.75, 3.05) is 17.9 Å². The van der Waals surface area contributed by atoms with E-state index in [1.807, 2.05) is 0 Å². The molecule has 0 saturated heterocycles. The maximum absolute atomic E-state index is 12.2. The number of amides is 1. The van der Waals surface area contributed by atoms with Crippen molar-refractivity contribution >= 4 is 40.6 Å². The summed E-state index contributed by atoms with van der Waals surface area (Å²) >= 11 is 0. The molecular weight excluding hydrogens is 450 g/mol. The molecule has 0 spiro atoms. The van der Waals surface area contributed by atoms with E-state index in [0.29, 0.717) is 16.8 Å². The van der Waals surface area contributed by atoms with Crippen LogP contribution >= 0.6 is 0 Å². The van der Waals surface area contributed by atoms with Crippen molar-refractivity contribution in [3.8, 4) is 0 Å². The van der Waals surface area contributed by atoms with E-state index >= 15 is 0 Å². The van der Waals surface area contributed by atoms with Crippen LogP contribution in [0, 0.1) is 20.2 Å². The van der Waals surface area contributed by atoms with Gasteiger partial charge in [-0.05, 0) is 29.8 Å². The number of carbonyl (C=O) groups excluding carboxylic acids is 2. The second kappa shape index (κ2) is 10.4. The van der Waals surface area contributed by atoms with E-state index in [4.69, 9.17) is 0 Å². The van der Waals surface area contributed by atoms with Crippen LogP contribution in [0.3, 0.4) is 0 Å². The third kappa shape index (κ3) is 5.76. The zero-order chi connectivity index (χ0) is 24.7. The molecule has 2 aromatic carbocycles. The Hall–Kier alpha value is -5.14. The molecule has 0 radical (unpaired) electrons. The van der Waals surface area contributed by atoms with Crippen molar-refractivity contribution in [3.05, 3.63) is 86.2 Å². The van der Waals surface area contributed by atoms with Crippen LogP contribution in [0.25, 0.3) is 0 Å². The largest absolute Gasteiger partial charge is 0.465 e. The first-order valence-corrected chi connectivity index (χ1v) is 9.51. The number of nitro benzene ring substituents is 1. The number of rotatable bonds is 9. The highest BCUT2D eigenvalue weighted by Crippen LogP contribution is 2.30. The minimum atomic E-state index is -0.726. The van der Waals surface area contributed by atoms with Gasteiger partial charge in [0, 0.05) is 17.8 Å². The van der Waals surface area contributed by atoms with Crippen LogP contribution < -0.4 is 16.2 Å². The lowest BCUT2D eigenvalue weighted by Gasteiger charge is -2.11. The predicted molar refractivity (Wildman–Crippen MR) is 118 cm³/mol. The molecule has 3 N–H and O–H groups in total. The highest BCUT2D eigenvalue weighted by molar-refractivity contribution is 5.90. The molecule has 0 aliphatic heterocycles. The normalized spacial score (nSPS) is 10.1. The zero-order valence-corrected chi connectivity index (χ0v) is 17.5. The summed E-state index contributed by atoms with van der Waals surface area (Å²) < 4.78 is 4.62. The van der Waals surface area contributed by atoms with Crippen LogP contribution in [0.15, 0.2) is 54.9 Å². The van der Waals surface area contributed by atoms with E-state index in [2.05, 4.69) is 30.9 Å². The number of nitro groups is 2. The van der Waals surface area contributed by atoms with Gasteiger partial charge in [0.05, 0.1) is 28.9 Å². The standard InChI is InChI=1S/C20H17N7O7/c1-34-20(29)13-4-6-14(7-5-13)23-18-17(27(32)33)19(22-11-21-18)25-24-16(28)10-12-2-8-15(9-3-12)26(30)31/h2-9,11H,10H2,1H3,(H,24,28)(H2,21,22,23,25). The summed E-state index contributed by atoms with van der Waals surface area (Å²) in [6.07, 6.45) is 0.921. The number of nitrogens with one attached hydrogen (secondary N) is 3. The van der Waals surface area contributed by atoms with Crippen LogP contribution in [0.2, 0.25) is 0 Å². The number of ether oxygens (including phenoxy) is 1. The first-order chi connectivity index (χ1) is 16.3. The molecule has 1 heterocycles. The average Bonchev–Trinajstić information content (AvgIpc) is 2.83. The van der Waals surface area contributed by atoms with Crippen molar-refractivity contribution in [3.63, 3.8) is 0 Å². The molecule has 3 rings (SSSR count). The molecule has 1 aromatic heterocycles. The Labute approximate surface area is 191 Å². The molecule has 0 aliphatic rings. The molecule has 3 aromatic rings. The molecule has 0 unspecified atom stereocenters. The van der Waals surface area contributed by atoms with Gasteiger partial charge in [-0.2, -0.15) is 0 Å². The lowest BCUT2D eigenvalue weighted by atomic mass is 10.1. The quantitative estimate of drug-likeness (QED) is 0.238. The van der Waals surface area contributed by atoms with E-state index < -0.39 is 27.4 Å². The highest BCUT2D eigenvalue weighted by Gasteiger charge is 2.24. The van der Waals surface area contributed by atoms with E-state index in [0.717, 1.165) is 6.33 Å². The fraction of sp³-hybridized carbons (Fsp3) is 0.100. The first kappa shape index (κ1) is 23.5. The Morgan fingerprint density at radius 2 is 1.59 bits per heavy atom. The number of nitrogens with zero attached hydrogens (tertiary/aromatic N) is 4. The lowest BCUT2D eigenvalue weighted by molar-refractivity contribution is -0.384. The van der Waals surface area contributed by atoms with Crippen LogP contribution in [0.5, 0.6) is 0 Å². The van der Waals surface area contributed by atoms with E-state index in [-0.39, 0.29) is 23.7 Å². The van der Waals surface area contributed by atoms with Gasteiger partial charge < -0.3 is 10.1 Å². The summed E-state index contributed by atoms with van der Waals surface area (Å²) in [7, 11) is 1.25. The van der Waals surface area contributed by atoms with Gasteiger partial charge in [0.25, 0.3) is 5.69 Å². The van der Waals surface area contributed by atoms with Crippen LogP contribution in [0.4, 0.5) is 28.7 Å². The van der Waals surface area contributed by atoms with Crippen LogP contribution in [-0.2, 0) is 16.0 Å². The maximum Gasteiger partial charge on any atom is 0.355 e. The van der Waals surface area contributed by atoms with Crippen LogP contribution in [-0.4, -0.2) is 38.8 Å². The van der Waals surface area contributed by atoms with E-state index in [9.17, 15) is 29.8 Å². The lowest BCUT2D eigenvalue weighted by Crippen LogP contribution is -2.31. The zero-order valence-electron chi connectivity index (χ0n) is 17.5. The molecule has 0 aliphatic carbocycles. The Balaban J connectivity index is 1.70. The molecule has 34 heavy (non-hydrogen) atoms. The minimum Gasteiger partial charge on any atom is -0.465 e. The van der Waals surface area contributed by atoms with Gasteiger partial charge in [0.2, 0.25) is 17.5 Å². The summed E-state index contributed by atoms with van der Waals surface area (Å²) in [6.45, 7) is 0. The second-order valence-corrected chi connectivity index (χ2v) is 6.64. The smallest absolute Gasteiger partial charge is 0.355 e. The van der Waals surface area contributed by atoms with Gasteiger partial charge in [-0.3, -0.25) is 35.9 Å². The molecule has 1 amide bonds. The van der Waals surface area contributed by atoms with Crippen LogP contribution in [0.1, 0.15) is 15.9 Å². The van der Waals surface area contributed by atoms with Crippen molar-refractivity contribution in [2.45, 2.75) is 6.42 Å². The number of anilines is 3. The number of hydrogen-bond acceptors (Lipinski definition) is 11. The summed E-state index contributed by atoms with van der Waals surface area (Å²) in [6, 6.07) is 11.4. The molecule has 14 heteroatoms. The van der Waals surface area contributed by atoms with Crippen molar-refractivity contribution in [2.24, 2.45) is 0 Å². The minimum absolute atomic E-state index is 0.112. The Morgan fingerprint density at radius 1 is 0.941 bits per heavy atom. The fourth-order valence-electron chi connectivity index (χ4n) is 2.77. The van der Waals surface area contributed by atoms with E-state index in [1.54, 1.807) is 0 Å². The molecule has 14 nitrogen and oxygen atoms in total. The first-order valence-electron chi connectivity index (χ1n) is 9.51. The Morgan fingerprint density at radius 3 is 2.18 bits per heavy atom. The average molecular weight is 467 g/mol. The molecule has 0 fully saturated rings. The number of methoxy groups -OCH3 is 1. The highest BCUT2D eigenvalue weighted by atomic mass is 16.6. The van der Waals surface area contributed by atoms with Gasteiger partial charge in [-0.15, -0.1) is 0 Å². The summed E-state index contributed by atoms with van der Waals surface area (Å²) in [5, 5.41) is 25.1. The van der Waals surface area contributed by atoms with Gasteiger partial charge in [-0.1, -0.05) is 12.1 Å². The summed E-state index contributed by atoms with van der Waals surface area (Å²) in [4.78, 5) is 52.5. The number of hydrazine groups is 1. The molecule has 0 bridgehead atoms. The van der Waals surface area contributed by atoms with Crippen molar-refractivity contribution in [1.29, 1.82) is 0 Å². The summed E-state index contributed by atoms with van der Waals surface area (Å²) in [5.41, 5.74) is 5.26. The van der Waals surface area contributed by atoms with Gasteiger partial charge in [0.15, 0.2) is 0 Å².